The van der Waals surface area contributed by atoms with Gasteiger partial charge >= 0.3 is 0 Å². The van der Waals surface area contributed by atoms with Gasteiger partial charge in [-0.15, -0.1) is 0 Å². The van der Waals surface area contributed by atoms with Crippen molar-refractivity contribution in [1.82, 2.24) is 0 Å². The van der Waals surface area contributed by atoms with Crippen LogP contribution in [-0.2, 0) is 5.41 Å². The van der Waals surface area contributed by atoms with E-state index in [2.05, 4.69) is 297 Å². The highest BCUT2D eigenvalue weighted by atomic mass is 15.1. The topological polar surface area (TPSA) is 6.48 Å². The van der Waals surface area contributed by atoms with Gasteiger partial charge in [-0.25, -0.2) is 0 Å². The summed E-state index contributed by atoms with van der Waals surface area (Å²) in [6, 6.07) is 101. The maximum absolute atomic E-state index is 2.48. The molecular formula is C76H62N2. The van der Waals surface area contributed by atoms with Crippen molar-refractivity contribution in [2.75, 3.05) is 9.80 Å². The summed E-state index contributed by atoms with van der Waals surface area (Å²) in [6.45, 7) is 4.76. The predicted molar refractivity (Wildman–Crippen MR) is 329 cm³/mol. The molecule has 0 heterocycles. The van der Waals surface area contributed by atoms with Crippen molar-refractivity contribution in [2.24, 2.45) is 11.8 Å². The summed E-state index contributed by atoms with van der Waals surface area (Å²) >= 11 is 0. The molecule has 0 aromatic heterocycles. The second kappa shape index (κ2) is 19.9. The zero-order valence-corrected chi connectivity index (χ0v) is 44.4. The van der Waals surface area contributed by atoms with Crippen LogP contribution >= 0.6 is 0 Å². The van der Waals surface area contributed by atoms with Crippen molar-refractivity contribution in [3.8, 4) is 66.8 Å². The highest BCUT2D eigenvalue weighted by Gasteiger charge is 2.40. The van der Waals surface area contributed by atoms with Crippen molar-refractivity contribution in [2.45, 2.75) is 50.9 Å². The van der Waals surface area contributed by atoms with Crippen molar-refractivity contribution in [3.63, 3.8) is 0 Å². The summed E-state index contributed by atoms with van der Waals surface area (Å²) < 4.78 is 0. The molecule has 3 aliphatic rings. The number of para-hydroxylation sites is 1. The minimum atomic E-state index is -0.111. The first-order valence-electron chi connectivity index (χ1n) is 28.1. The van der Waals surface area contributed by atoms with E-state index in [1.54, 1.807) is 0 Å². The molecule has 2 nitrogen and oxygen atoms in total. The van der Waals surface area contributed by atoms with Crippen LogP contribution in [0.5, 0.6) is 0 Å². The molecule has 0 aliphatic heterocycles. The van der Waals surface area contributed by atoms with Crippen LogP contribution in [0.25, 0.3) is 66.8 Å². The van der Waals surface area contributed by atoms with Gasteiger partial charge in [-0.1, -0.05) is 208 Å². The quantitative estimate of drug-likeness (QED) is 0.120. The zero-order chi connectivity index (χ0) is 52.2. The molecule has 0 spiro atoms. The molecule has 14 rings (SSSR count). The Morgan fingerprint density at radius 3 is 1.18 bits per heavy atom. The lowest BCUT2D eigenvalue weighted by molar-refractivity contribution is 0.420. The van der Waals surface area contributed by atoms with E-state index in [1.165, 1.54) is 115 Å². The maximum atomic E-state index is 2.48. The summed E-state index contributed by atoms with van der Waals surface area (Å²) in [4.78, 5) is 4.82. The zero-order valence-electron chi connectivity index (χ0n) is 44.4. The van der Waals surface area contributed by atoms with Gasteiger partial charge in [0.05, 0.1) is 0 Å². The van der Waals surface area contributed by atoms with Gasteiger partial charge in [0.25, 0.3) is 0 Å². The Labute approximate surface area is 460 Å². The number of anilines is 6. The van der Waals surface area contributed by atoms with E-state index in [1.807, 2.05) is 0 Å². The Morgan fingerprint density at radius 1 is 0.295 bits per heavy atom. The molecule has 0 radical (unpaired) electrons. The van der Waals surface area contributed by atoms with E-state index >= 15 is 0 Å². The Bertz CT molecular complexity index is 3900. The number of hydrogen-bond acceptors (Lipinski definition) is 2. The second-order valence-corrected chi connectivity index (χ2v) is 22.5. The smallest absolute Gasteiger partial charge is 0.0465 e. The largest absolute Gasteiger partial charge is 0.311 e. The lowest BCUT2D eigenvalue weighted by Crippen LogP contribution is -2.16. The summed E-state index contributed by atoms with van der Waals surface area (Å²) in [6.07, 6.45) is 5.56. The fraction of sp³-hybridized carbons (Fsp3) is 0.132. The highest BCUT2D eigenvalue weighted by Crippen LogP contribution is 2.54. The number of nitrogens with zero attached hydrogens (tertiary/aromatic N) is 2. The van der Waals surface area contributed by atoms with Crippen molar-refractivity contribution in [3.05, 3.63) is 290 Å². The lowest BCUT2D eigenvalue weighted by atomic mass is 9.82. The fourth-order valence-corrected chi connectivity index (χ4v) is 13.6. The molecule has 11 aromatic carbocycles. The van der Waals surface area contributed by atoms with Crippen molar-refractivity contribution in [1.29, 1.82) is 0 Å². The Kier molecular flexibility index (Phi) is 12.1. The lowest BCUT2D eigenvalue weighted by Gasteiger charge is -2.29. The van der Waals surface area contributed by atoms with Gasteiger partial charge in [0.2, 0.25) is 0 Å². The molecule has 376 valence electrons. The maximum Gasteiger partial charge on any atom is 0.0465 e. The van der Waals surface area contributed by atoms with Crippen molar-refractivity contribution < 1.29 is 0 Å². The Balaban J connectivity index is 0.861. The van der Waals surface area contributed by atoms with E-state index in [4.69, 9.17) is 0 Å². The number of rotatable bonds is 12. The molecule has 0 saturated heterocycles. The van der Waals surface area contributed by atoms with Crippen molar-refractivity contribution >= 4 is 34.1 Å². The summed E-state index contributed by atoms with van der Waals surface area (Å²) in [7, 11) is 0. The van der Waals surface area contributed by atoms with Crippen LogP contribution < -0.4 is 9.80 Å². The first-order chi connectivity index (χ1) is 38.4. The van der Waals surface area contributed by atoms with Crippen LogP contribution in [0.1, 0.15) is 62.1 Å². The van der Waals surface area contributed by atoms with E-state index in [0.717, 1.165) is 40.1 Å². The molecule has 2 heteroatoms. The standard InChI is InChI=1S/C76H62N2/c1-76(2)74-26-16-15-25-67(74)68-46-45-66(49-75(68)76)78(64-39-31-57(32-40-64)69-48-52-27-28-60(69)47-52)65-43-35-59(36-44-65)73-51-70(55-19-9-4-10-20-55)72(50-71(73)56-21-11-5-12-22-56)58-33-41-63(42-34-58)77(61-23-13-6-14-24-61)62-37-29-54(30-38-62)53-17-7-3-8-18-53/h3-26,29-46,49-52,60,69H,27-28,47-48H2,1-2H3. The average molecular weight is 1000 g/mol. The van der Waals surface area contributed by atoms with Crippen LogP contribution in [0, 0.1) is 11.8 Å². The van der Waals surface area contributed by atoms with Gasteiger partial charge in [-0.2, -0.15) is 0 Å². The van der Waals surface area contributed by atoms with Gasteiger partial charge in [0.15, 0.2) is 0 Å². The molecule has 2 fully saturated rings. The summed E-state index contributed by atoms with van der Waals surface area (Å²) in [5.74, 6) is 2.44. The third-order valence-corrected chi connectivity index (χ3v) is 17.6. The normalized spacial score (nSPS) is 16.6. The van der Waals surface area contributed by atoms with Gasteiger partial charge in [-0.3, -0.25) is 0 Å². The Hall–Kier alpha value is -8.98. The number of hydrogen-bond donors (Lipinski definition) is 0. The van der Waals surface area contributed by atoms with Gasteiger partial charge in [0.1, 0.15) is 0 Å². The molecule has 0 amide bonds. The van der Waals surface area contributed by atoms with Crippen LogP contribution in [-0.4, -0.2) is 0 Å². The molecule has 2 saturated carbocycles. The van der Waals surface area contributed by atoms with Gasteiger partial charge in [0, 0.05) is 39.5 Å². The number of benzene rings is 11. The molecule has 3 aliphatic carbocycles. The molecule has 3 atom stereocenters. The predicted octanol–water partition coefficient (Wildman–Crippen LogP) is 21.2. The van der Waals surface area contributed by atoms with Crippen LogP contribution in [0.15, 0.2) is 273 Å². The molecule has 78 heavy (non-hydrogen) atoms. The average Bonchev–Trinajstić information content (AvgIpc) is 4.42. The van der Waals surface area contributed by atoms with E-state index in [-0.39, 0.29) is 5.41 Å². The molecule has 2 bridgehead atoms. The first kappa shape index (κ1) is 47.5. The first-order valence-corrected chi connectivity index (χ1v) is 28.1. The fourth-order valence-electron chi connectivity index (χ4n) is 13.6. The minimum absolute atomic E-state index is 0.111. The highest BCUT2D eigenvalue weighted by molar-refractivity contribution is 5.96. The third kappa shape index (κ3) is 8.63. The SMILES string of the molecule is CC1(C)c2ccccc2-c2ccc(N(c3ccc(-c4cc(-c5ccccc5)c(-c5ccc(N(c6ccccc6)c6ccc(-c7ccccc7)cc6)cc5)cc4-c4ccccc4)cc3)c3ccc(C4CC5CCC4C5)cc3)cc21. The molecule has 11 aromatic rings. The Morgan fingerprint density at radius 2 is 0.679 bits per heavy atom. The van der Waals surface area contributed by atoms with Crippen LogP contribution in [0.2, 0.25) is 0 Å². The van der Waals surface area contributed by atoms with E-state index < -0.39 is 0 Å². The van der Waals surface area contributed by atoms with Gasteiger partial charge in [-0.05, 0) is 205 Å². The summed E-state index contributed by atoms with van der Waals surface area (Å²) in [5.41, 5.74) is 25.5. The van der Waals surface area contributed by atoms with E-state index in [9.17, 15) is 0 Å². The summed E-state index contributed by atoms with van der Waals surface area (Å²) in [5, 5.41) is 0. The second-order valence-electron chi connectivity index (χ2n) is 22.5. The van der Waals surface area contributed by atoms with Gasteiger partial charge < -0.3 is 9.80 Å². The molecule has 3 unspecified atom stereocenters. The van der Waals surface area contributed by atoms with Crippen LogP contribution in [0.4, 0.5) is 34.1 Å². The van der Waals surface area contributed by atoms with E-state index in [0.29, 0.717) is 5.92 Å². The monoisotopic (exact) mass is 1000 g/mol. The third-order valence-electron chi connectivity index (χ3n) is 17.6. The molecular weight excluding hydrogens is 941 g/mol. The number of fused-ring (bicyclic) bond motifs is 5. The minimum Gasteiger partial charge on any atom is -0.311 e. The molecule has 0 N–H and O–H groups in total. The van der Waals surface area contributed by atoms with Crippen LogP contribution in [0.3, 0.4) is 0 Å².